The Kier molecular flexibility index (Phi) is 5.49. The molecule has 5 rings (SSSR count). The summed E-state index contributed by atoms with van der Waals surface area (Å²) in [6.07, 6.45) is 8.26. The first-order chi connectivity index (χ1) is 15.1. The second-order valence-corrected chi connectivity index (χ2v) is 9.09. The molecule has 3 nitrogen and oxygen atoms in total. The van der Waals surface area contributed by atoms with Crippen molar-refractivity contribution in [3.8, 4) is 11.3 Å². The average molecular weight is 434 g/mol. The predicted octanol–water partition coefficient (Wildman–Crippen LogP) is 7.49. The Morgan fingerprint density at radius 2 is 1.77 bits per heavy atom. The van der Waals surface area contributed by atoms with Crippen molar-refractivity contribution in [3.63, 3.8) is 0 Å². The van der Waals surface area contributed by atoms with E-state index < -0.39 is 0 Å². The zero-order valence-corrected chi connectivity index (χ0v) is 18.2. The summed E-state index contributed by atoms with van der Waals surface area (Å²) in [6, 6.07) is 14.8. The van der Waals surface area contributed by atoms with Crippen LogP contribution < -0.4 is 0 Å². The third-order valence-corrected chi connectivity index (χ3v) is 7.09. The third-order valence-electron chi connectivity index (χ3n) is 6.84. The molecule has 158 valence electrons. The van der Waals surface area contributed by atoms with Gasteiger partial charge in [0.2, 0.25) is 0 Å². The summed E-state index contributed by atoms with van der Waals surface area (Å²) in [5, 5.41) is 1.69. The molecule has 1 saturated carbocycles. The maximum atomic E-state index is 13.8. The number of hydrogen-bond donors (Lipinski definition) is 1. The lowest BCUT2D eigenvalue weighted by Gasteiger charge is -2.32. The molecule has 0 radical (unpaired) electrons. The van der Waals surface area contributed by atoms with E-state index in [0.29, 0.717) is 17.8 Å². The van der Waals surface area contributed by atoms with Gasteiger partial charge < -0.3 is 4.98 Å². The van der Waals surface area contributed by atoms with E-state index in [1.165, 1.54) is 11.6 Å². The molecule has 0 aliphatic heterocycles. The predicted molar refractivity (Wildman–Crippen MR) is 124 cm³/mol. The molecule has 0 unspecified atom stereocenters. The molecule has 0 saturated heterocycles. The number of imidazole rings is 1. The quantitative estimate of drug-likeness (QED) is 0.362. The molecule has 5 heteroatoms. The van der Waals surface area contributed by atoms with Gasteiger partial charge in [0.15, 0.2) is 0 Å². The first-order valence-corrected chi connectivity index (χ1v) is 11.3. The number of rotatable bonds is 4. The topological polar surface area (TPSA) is 41.6 Å². The van der Waals surface area contributed by atoms with Crippen molar-refractivity contribution >= 4 is 22.5 Å². The van der Waals surface area contributed by atoms with Crippen molar-refractivity contribution in [2.24, 2.45) is 5.92 Å². The number of benzene rings is 2. The minimum atomic E-state index is -0.196. The van der Waals surface area contributed by atoms with Gasteiger partial charge in [-0.25, -0.2) is 9.37 Å². The summed E-state index contributed by atoms with van der Waals surface area (Å²) < 4.78 is 13.8. The summed E-state index contributed by atoms with van der Waals surface area (Å²) in [6.45, 7) is 2.27. The van der Waals surface area contributed by atoms with Crippen LogP contribution in [0.25, 0.3) is 22.2 Å². The van der Waals surface area contributed by atoms with E-state index in [1.807, 2.05) is 36.7 Å². The fourth-order valence-corrected chi connectivity index (χ4v) is 5.12. The summed E-state index contributed by atoms with van der Waals surface area (Å²) in [4.78, 5) is 12.6. The van der Waals surface area contributed by atoms with Crippen LogP contribution in [0.1, 0.15) is 55.8 Å². The molecule has 0 bridgehead atoms. The highest BCUT2D eigenvalue weighted by Gasteiger charge is 2.29. The van der Waals surface area contributed by atoms with Crippen molar-refractivity contribution in [2.75, 3.05) is 0 Å². The number of hydrogen-bond acceptors (Lipinski definition) is 2. The molecule has 2 aromatic heterocycles. The minimum absolute atomic E-state index is 0.196. The van der Waals surface area contributed by atoms with Crippen LogP contribution in [-0.2, 0) is 0 Å². The monoisotopic (exact) mass is 433 g/mol. The molecule has 1 atom stereocenters. The maximum Gasteiger partial charge on any atom is 0.123 e. The van der Waals surface area contributed by atoms with Gasteiger partial charge in [0.25, 0.3) is 0 Å². The summed E-state index contributed by atoms with van der Waals surface area (Å²) >= 11 is 6.00. The van der Waals surface area contributed by atoms with Crippen LogP contribution in [0.15, 0.2) is 60.9 Å². The van der Waals surface area contributed by atoms with Crippen LogP contribution in [0.5, 0.6) is 0 Å². The zero-order chi connectivity index (χ0) is 21.4. The molecular weight excluding hydrogens is 409 g/mol. The minimum Gasteiger partial charge on any atom is -0.342 e. The van der Waals surface area contributed by atoms with Crippen LogP contribution in [0.2, 0.25) is 5.02 Å². The summed E-state index contributed by atoms with van der Waals surface area (Å²) in [5.41, 5.74) is 4.23. The van der Waals surface area contributed by atoms with E-state index in [-0.39, 0.29) is 5.82 Å². The van der Waals surface area contributed by atoms with Gasteiger partial charge in [-0.1, -0.05) is 30.7 Å². The number of halogens is 2. The fourth-order valence-electron chi connectivity index (χ4n) is 4.99. The van der Waals surface area contributed by atoms with E-state index in [2.05, 4.69) is 27.9 Å². The Morgan fingerprint density at radius 1 is 1.00 bits per heavy atom. The maximum absolute atomic E-state index is 13.8. The zero-order valence-electron chi connectivity index (χ0n) is 17.5. The van der Waals surface area contributed by atoms with Gasteiger partial charge in [-0.15, -0.1) is 0 Å². The van der Waals surface area contributed by atoms with E-state index in [9.17, 15) is 4.39 Å². The highest BCUT2D eigenvalue weighted by atomic mass is 35.5. The number of nitrogens with one attached hydrogen (secondary N) is 1. The lowest BCUT2D eigenvalue weighted by atomic mass is 9.73. The SMILES string of the molecule is C[C@@H](c1ncc(-c2ccc(Cl)cc2)[nH]1)C1CCC(c2ccnc3ccc(F)cc23)CC1. The lowest BCUT2D eigenvalue weighted by Crippen LogP contribution is -2.19. The number of nitrogens with zero attached hydrogens (tertiary/aromatic N) is 2. The molecule has 31 heavy (non-hydrogen) atoms. The normalized spacial score (nSPS) is 20.1. The first kappa shape index (κ1) is 20.2. The Balaban J connectivity index is 1.29. The van der Waals surface area contributed by atoms with Crippen LogP contribution in [0.3, 0.4) is 0 Å². The van der Waals surface area contributed by atoms with E-state index in [0.717, 1.165) is 58.7 Å². The molecular formula is C26H25ClFN3. The Morgan fingerprint density at radius 3 is 2.55 bits per heavy atom. The summed E-state index contributed by atoms with van der Waals surface area (Å²) in [7, 11) is 0. The second-order valence-electron chi connectivity index (χ2n) is 8.65. The molecule has 0 spiro atoms. The van der Waals surface area contributed by atoms with E-state index >= 15 is 0 Å². The molecule has 0 amide bonds. The summed E-state index contributed by atoms with van der Waals surface area (Å²) in [5.74, 6) is 2.26. The standard InChI is InChI=1S/C26H25ClFN3/c1-16(26-30-15-25(31-26)19-6-8-20(27)9-7-19)17-2-4-18(5-3-17)22-12-13-29-24-11-10-21(28)14-23(22)24/h6-18H,2-5H2,1H3,(H,30,31)/t16-,17?,18?/m1/s1. The molecule has 1 aliphatic rings. The smallest absolute Gasteiger partial charge is 0.123 e. The number of fused-ring (bicyclic) bond motifs is 1. The van der Waals surface area contributed by atoms with Gasteiger partial charge in [-0.3, -0.25) is 4.98 Å². The molecule has 2 heterocycles. The number of aromatic nitrogens is 3. The fraction of sp³-hybridized carbons (Fsp3) is 0.308. The molecule has 4 aromatic rings. The Bertz CT molecular complexity index is 1190. The van der Waals surface area contributed by atoms with Gasteiger partial charge >= 0.3 is 0 Å². The van der Waals surface area contributed by atoms with Crippen molar-refractivity contribution in [1.29, 1.82) is 0 Å². The highest BCUT2D eigenvalue weighted by molar-refractivity contribution is 6.30. The number of pyridine rings is 1. The van der Waals surface area contributed by atoms with Crippen LogP contribution in [0, 0.1) is 11.7 Å². The van der Waals surface area contributed by atoms with Crippen LogP contribution in [0.4, 0.5) is 4.39 Å². The molecule has 1 aliphatic carbocycles. The van der Waals surface area contributed by atoms with Gasteiger partial charge in [0, 0.05) is 22.5 Å². The van der Waals surface area contributed by atoms with Gasteiger partial charge in [0.1, 0.15) is 11.6 Å². The average Bonchev–Trinajstić information content (AvgIpc) is 3.29. The van der Waals surface area contributed by atoms with Crippen LogP contribution >= 0.6 is 11.6 Å². The Labute approximate surface area is 186 Å². The lowest BCUT2D eigenvalue weighted by molar-refractivity contribution is 0.286. The number of aromatic amines is 1. The van der Waals surface area contributed by atoms with Crippen molar-refractivity contribution in [2.45, 2.75) is 44.4 Å². The number of H-pyrrole nitrogens is 1. The van der Waals surface area contributed by atoms with Gasteiger partial charge in [-0.05, 0) is 85.0 Å². The van der Waals surface area contributed by atoms with Crippen molar-refractivity contribution in [1.82, 2.24) is 15.0 Å². The van der Waals surface area contributed by atoms with Gasteiger partial charge in [0.05, 0.1) is 17.4 Å². The van der Waals surface area contributed by atoms with Gasteiger partial charge in [-0.2, -0.15) is 0 Å². The molecule has 2 aromatic carbocycles. The van der Waals surface area contributed by atoms with Crippen LogP contribution in [-0.4, -0.2) is 15.0 Å². The first-order valence-electron chi connectivity index (χ1n) is 10.9. The van der Waals surface area contributed by atoms with E-state index in [4.69, 9.17) is 11.6 Å². The Hall–Kier alpha value is -2.72. The second kappa shape index (κ2) is 8.43. The highest BCUT2D eigenvalue weighted by Crippen LogP contribution is 2.42. The molecule has 1 N–H and O–H groups in total. The van der Waals surface area contributed by atoms with Crippen molar-refractivity contribution < 1.29 is 4.39 Å². The van der Waals surface area contributed by atoms with E-state index in [1.54, 1.807) is 12.1 Å². The molecule has 1 fully saturated rings. The van der Waals surface area contributed by atoms with Crippen molar-refractivity contribution in [3.05, 3.63) is 83.2 Å². The third kappa shape index (κ3) is 4.09. The largest absolute Gasteiger partial charge is 0.342 e.